The molecule has 3 N–H and O–H groups in total. The molecule has 0 aliphatic heterocycles. The van der Waals surface area contributed by atoms with Gasteiger partial charge in [-0.15, -0.1) is 37.9 Å². The number of thiol groups is 3. The van der Waals surface area contributed by atoms with Crippen LogP contribution in [0.4, 0.5) is 0 Å². The Labute approximate surface area is 164 Å². The monoisotopic (exact) mass is 430 g/mol. The molecule has 0 saturated heterocycles. The molecule has 0 fully saturated rings. The minimum absolute atomic E-state index is 0.0289. The summed E-state index contributed by atoms with van der Waals surface area (Å²) in [5, 5.41) is 18.6. The summed E-state index contributed by atoms with van der Waals surface area (Å²) >= 11 is 12.7. The van der Waals surface area contributed by atoms with Crippen LogP contribution in [0.15, 0.2) is 18.2 Å². The summed E-state index contributed by atoms with van der Waals surface area (Å²) in [4.78, 5) is 9.68. The fourth-order valence-corrected chi connectivity index (χ4v) is 4.16. The van der Waals surface area contributed by atoms with Crippen LogP contribution in [0, 0.1) is 0 Å². The fraction of sp³-hybridized carbons (Fsp3) is 0.571. The number of phosphoric ester groups is 1. The van der Waals surface area contributed by atoms with Crippen LogP contribution in [0.5, 0.6) is 11.5 Å². The van der Waals surface area contributed by atoms with Crippen molar-refractivity contribution in [1.82, 2.24) is 0 Å². The molecule has 0 aromatic heterocycles. The molecule has 11 heteroatoms. The number of nitrogens with zero attached hydrogens (tertiary/aromatic N) is 1. The first-order valence-corrected chi connectivity index (χ1v) is 11.0. The lowest BCUT2D eigenvalue weighted by molar-refractivity contribution is -0.891. The van der Waals surface area contributed by atoms with E-state index in [0.717, 1.165) is 5.56 Å². The van der Waals surface area contributed by atoms with Gasteiger partial charge in [-0.2, -0.15) is 0 Å². The Morgan fingerprint density at radius 1 is 1.00 bits per heavy atom. The van der Waals surface area contributed by atoms with Gasteiger partial charge in [-0.3, -0.25) is 13.5 Å². The summed E-state index contributed by atoms with van der Waals surface area (Å²) < 4.78 is 22.2. The highest BCUT2D eigenvalue weighted by Crippen LogP contribution is 2.43. The van der Waals surface area contributed by atoms with Crippen molar-refractivity contribution in [2.24, 2.45) is 0 Å². The van der Waals surface area contributed by atoms with Crippen molar-refractivity contribution in [3.8, 4) is 11.5 Å². The van der Waals surface area contributed by atoms with Gasteiger partial charge in [-0.25, -0.2) is 4.57 Å². The largest absolute Gasteiger partial charge is 0.504 e. The SMILES string of the molecule is O=P(O)(OCCCc1ccc(O)c(O)c1)OCC[N+](CS)(CS)CS. The molecule has 1 atom stereocenters. The first-order chi connectivity index (χ1) is 11.8. The van der Waals surface area contributed by atoms with E-state index in [0.29, 0.717) is 41.5 Å². The van der Waals surface area contributed by atoms with Crippen molar-refractivity contribution in [3.63, 3.8) is 0 Å². The van der Waals surface area contributed by atoms with Crippen LogP contribution in [-0.2, 0) is 20.0 Å². The third-order valence-corrected chi connectivity index (χ3v) is 6.44. The maximum Gasteiger partial charge on any atom is 0.472 e. The van der Waals surface area contributed by atoms with Gasteiger partial charge in [-0.05, 0) is 30.5 Å². The minimum atomic E-state index is -4.12. The number of aryl methyl sites for hydroxylation is 1. The number of phenolic OH excluding ortho intramolecular Hbond substituents is 2. The average Bonchev–Trinajstić information content (AvgIpc) is 2.59. The van der Waals surface area contributed by atoms with E-state index >= 15 is 0 Å². The van der Waals surface area contributed by atoms with Crippen molar-refractivity contribution in [1.29, 1.82) is 0 Å². The van der Waals surface area contributed by atoms with Crippen LogP contribution in [0.25, 0.3) is 0 Å². The summed E-state index contributed by atoms with van der Waals surface area (Å²) in [6.45, 7) is 0.500. The number of phenols is 2. The Balaban J connectivity index is 2.33. The summed E-state index contributed by atoms with van der Waals surface area (Å²) in [6.07, 6.45) is 0.981. The zero-order chi connectivity index (χ0) is 18.9. The highest BCUT2D eigenvalue weighted by molar-refractivity contribution is 7.81. The Morgan fingerprint density at radius 3 is 2.16 bits per heavy atom. The van der Waals surface area contributed by atoms with Crippen LogP contribution in [0.1, 0.15) is 12.0 Å². The number of rotatable bonds is 12. The van der Waals surface area contributed by atoms with E-state index in [2.05, 4.69) is 37.9 Å². The Hall–Kier alpha value is -0.0600. The lowest BCUT2D eigenvalue weighted by Gasteiger charge is -2.33. The quantitative estimate of drug-likeness (QED) is 0.0762. The molecule has 25 heavy (non-hydrogen) atoms. The summed E-state index contributed by atoms with van der Waals surface area (Å²) in [5.74, 6) is 1.09. The van der Waals surface area contributed by atoms with Crippen molar-refractivity contribution in [2.45, 2.75) is 12.8 Å². The topological polar surface area (TPSA) is 96.2 Å². The van der Waals surface area contributed by atoms with E-state index in [1.807, 2.05) is 0 Å². The Bertz CT molecular complexity index is 579. The molecule has 0 bridgehead atoms. The Kier molecular flexibility index (Phi) is 10.1. The summed E-state index contributed by atoms with van der Waals surface area (Å²) in [7, 11) is -4.12. The van der Waals surface area contributed by atoms with Crippen LogP contribution in [-0.4, -0.2) is 57.0 Å². The molecule has 1 rings (SSSR count). The number of hydrogen-bond acceptors (Lipinski definition) is 8. The zero-order valence-electron chi connectivity index (χ0n) is 13.7. The van der Waals surface area contributed by atoms with Crippen molar-refractivity contribution in [2.75, 3.05) is 37.4 Å². The molecule has 0 aliphatic carbocycles. The molecule has 144 valence electrons. The molecule has 0 saturated carbocycles. The predicted molar refractivity (Wildman–Crippen MR) is 107 cm³/mol. The van der Waals surface area contributed by atoms with E-state index in [-0.39, 0.29) is 24.7 Å². The molecular formula is C14H25NO6PS3+. The number of phosphoric acid groups is 1. The number of hydrogen-bond donors (Lipinski definition) is 6. The van der Waals surface area contributed by atoms with Crippen molar-refractivity contribution < 1.29 is 33.2 Å². The molecule has 0 spiro atoms. The first kappa shape index (κ1) is 23.0. The molecule has 0 heterocycles. The number of benzene rings is 1. The molecule has 0 radical (unpaired) electrons. The predicted octanol–water partition coefficient (Wildman–Crippen LogP) is 2.64. The molecule has 1 aromatic rings. The standard InChI is InChI=1S/C14H24NO6PS3/c16-13-4-3-12(8-14(13)17)2-1-6-20-22(18,19)21-7-5-15(9-23,10-24)11-25/h3-4,8H,1-2,5-7,9-11H2,(H5-,16,17,18,19,23,24,25)/p+1. The van der Waals surface area contributed by atoms with E-state index < -0.39 is 7.82 Å². The van der Waals surface area contributed by atoms with Crippen LogP contribution in [0.2, 0.25) is 0 Å². The molecule has 0 aliphatic rings. The van der Waals surface area contributed by atoms with Gasteiger partial charge in [0, 0.05) is 0 Å². The van der Waals surface area contributed by atoms with Gasteiger partial charge in [0.25, 0.3) is 0 Å². The van der Waals surface area contributed by atoms with Gasteiger partial charge >= 0.3 is 7.82 Å². The second kappa shape index (κ2) is 10.9. The van der Waals surface area contributed by atoms with Crippen molar-refractivity contribution >= 4 is 45.7 Å². The summed E-state index contributed by atoms with van der Waals surface area (Å²) in [6, 6.07) is 4.49. The fourth-order valence-electron chi connectivity index (χ4n) is 1.91. The van der Waals surface area contributed by atoms with Gasteiger partial charge in [0.15, 0.2) is 11.5 Å². The second-order valence-electron chi connectivity index (χ2n) is 5.55. The van der Waals surface area contributed by atoms with E-state index in [4.69, 9.17) is 9.05 Å². The van der Waals surface area contributed by atoms with Gasteiger partial charge in [0.1, 0.15) is 30.8 Å². The Morgan fingerprint density at radius 2 is 1.60 bits per heavy atom. The molecular weight excluding hydrogens is 405 g/mol. The third-order valence-electron chi connectivity index (χ3n) is 3.62. The van der Waals surface area contributed by atoms with E-state index in [1.165, 1.54) is 12.1 Å². The number of quaternary nitrogens is 1. The van der Waals surface area contributed by atoms with Gasteiger partial charge < -0.3 is 15.1 Å². The normalized spacial score (nSPS) is 14.4. The first-order valence-electron chi connectivity index (χ1n) is 7.58. The van der Waals surface area contributed by atoms with Crippen molar-refractivity contribution in [3.05, 3.63) is 23.8 Å². The van der Waals surface area contributed by atoms with Crippen LogP contribution >= 0.6 is 45.7 Å². The van der Waals surface area contributed by atoms with Crippen LogP contribution < -0.4 is 0 Å². The maximum absolute atomic E-state index is 11.8. The minimum Gasteiger partial charge on any atom is -0.504 e. The van der Waals surface area contributed by atoms with E-state index in [9.17, 15) is 19.7 Å². The third kappa shape index (κ3) is 8.01. The van der Waals surface area contributed by atoms with Gasteiger partial charge in [-0.1, -0.05) is 6.07 Å². The molecule has 1 aromatic carbocycles. The smallest absolute Gasteiger partial charge is 0.472 e. The lowest BCUT2D eigenvalue weighted by atomic mass is 10.1. The molecule has 7 nitrogen and oxygen atoms in total. The highest BCUT2D eigenvalue weighted by atomic mass is 32.1. The molecule has 1 unspecified atom stereocenters. The molecule has 0 amide bonds. The van der Waals surface area contributed by atoms with Gasteiger partial charge in [0.05, 0.1) is 6.61 Å². The van der Waals surface area contributed by atoms with Crippen LogP contribution in [0.3, 0.4) is 0 Å². The lowest BCUT2D eigenvalue weighted by Crippen LogP contribution is -2.47. The highest BCUT2D eigenvalue weighted by Gasteiger charge is 2.26. The summed E-state index contributed by atoms with van der Waals surface area (Å²) in [5.41, 5.74) is 0.783. The average molecular weight is 431 g/mol. The van der Waals surface area contributed by atoms with E-state index in [1.54, 1.807) is 6.07 Å². The van der Waals surface area contributed by atoms with Gasteiger partial charge in [0.2, 0.25) is 0 Å². The zero-order valence-corrected chi connectivity index (χ0v) is 17.3. The number of aromatic hydroxyl groups is 2. The maximum atomic E-state index is 11.8. The second-order valence-corrected chi connectivity index (χ2v) is 7.85.